The zero-order valence-electron chi connectivity index (χ0n) is 9.61. The summed E-state index contributed by atoms with van der Waals surface area (Å²) in [6, 6.07) is 3.45. The highest BCUT2D eigenvalue weighted by atomic mass is 16.1. The predicted molar refractivity (Wildman–Crippen MR) is 60.8 cm³/mol. The molecule has 0 saturated heterocycles. The Morgan fingerprint density at radius 3 is 2.69 bits per heavy atom. The van der Waals surface area contributed by atoms with Gasteiger partial charge < -0.3 is 0 Å². The first-order chi connectivity index (χ1) is 7.60. The van der Waals surface area contributed by atoms with Crippen LogP contribution in [0.25, 0.3) is 5.95 Å². The van der Waals surface area contributed by atoms with E-state index in [1.54, 1.807) is 4.68 Å². The van der Waals surface area contributed by atoms with Gasteiger partial charge in [-0.05, 0) is 26.3 Å². The van der Waals surface area contributed by atoms with Crippen LogP contribution in [0.4, 0.5) is 0 Å². The number of rotatable bonds is 2. The van der Waals surface area contributed by atoms with Crippen LogP contribution in [0.2, 0.25) is 0 Å². The lowest BCUT2D eigenvalue weighted by atomic mass is 10.3. The molecule has 0 aliphatic carbocycles. The second-order valence-corrected chi connectivity index (χ2v) is 3.75. The van der Waals surface area contributed by atoms with Crippen LogP contribution >= 0.6 is 0 Å². The maximum absolute atomic E-state index is 11.4. The second-order valence-electron chi connectivity index (χ2n) is 3.75. The molecule has 16 heavy (non-hydrogen) atoms. The third-order valence-corrected chi connectivity index (χ3v) is 2.35. The molecule has 0 aliphatic rings. The molecule has 0 aliphatic heterocycles. The SMILES string of the molecule is CCc1cc(=O)[nH]c(-n2nc(C)cc2C)n1. The molecule has 0 atom stereocenters. The van der Waals surface area contributed by atoms with Crippen molar-refractivity contribution in [1.82, 2.24) is 19.7 Å². The first kappa shape index (κ1) is 10.6. The quantitative estimate of drug-likeness (QED) is 0.822. The molecule has 2 aromatic rings. The Morgan fingerprint density at radius 2 is 2.12 bits per heavy atom. The molecule has 5 heteroatoms. The van der Waals surface area contributed by atoms with E-state index in [1.165, 1.54) is 6.07 Å². The van der Waals surface area contributed by atoms with Gasteiger partial charge in [0, 0.05) is 17.5 Å². The van der Waals surface area contributed by atoms with E-state index in [4.69, 9.17) is 0 Å². The number of H-pyrrole nitrogens is 1. The minimum absolute atomic E-state index is 0.144. The molecule has 0 fully saturated rings. The summed E-state index contributed by atoms with van der Waals surface area (Å²) in [5.41, 5.74) is 2.48. The van der Waals surface area contributed by atoms with Gasteiger partial charge in [0.2, 0.25) is 5.95 Å². The normalized spacial score (nSPS) is 10.7. The molecule has 1 N–H and O–H groups in total. The lowest BCUT2D eigenvalue weighted by Gasteiger charge is -2.04. The van der Waals surface area contributed by atoms with E-state index in [-0.39, 0.29) is 5.56 Å². The molecular weight excluding hydrogens is 204 g/mol. The standard InChI is InChI=1S/C11H14N4O/c1-4-9-6-10(16)13-11(12-9)15-8(3)5-7(2)14-15/h5-6H,4H2,1-3H3,(H,12,13,16). The lowest BCUT2D eigenvalue weighted by molar-refractivity contribution is 0.757. The number of aromatic amines is 1. The smallest absolute Gasteiger partial charge is 0.252 e. The van der Waals surface area contributed by atoms with E-state index in [9.17, 15) is 4.79 Å². The van der Waals surface area contributed by atoms with Crippen molar-refractivity contribution in [3.8, 4) is 5.95 Å². The Labute approximate surface area is 93.2 Å². The molecule has 2 rings (SSSR count). The van der Waals surface area contributed by atoms with E-state index in [0.29, 0.717) is 5.95 Å². The van der Waals surface area contributed by atoms with Crippen LogP contribution < -0.4 is 5.56 Å². The minimum atomic E-state index is -0.144. The fourth-order valence-corrected chi connectivity index (χ4v) is 1.62. The first-order valence-electron chi connectivity index (χ1n) is 5.24. The summed E-state index contributed by atoms with van der Waals surface area (Å²) in [5.74, 6) is 0.481. The summed E-state index contributed by atoms with van der Waals surface area (Å²) in [5, 5.41) is 4.28. The highest BCUT2D eigenvalue weighted by Crippen LogP contribution is 2.06. The maximum Gasteiger partial charge on any atom is 0.252 e. The van der Waals surface area contributed by atoms with E-state index < -0.39 is 0 Å². The summed E-state index contributed by atoms with van der Waals surface area (Å²) < 4.78 is 1.65. The van der Waals surface area contributed by atoms with E-state index in [0.717, 1.165) is 23.5 Å². The van der Waals surface area contributed by atoms with E-state index in [1.807, 2.05) is 26.8 Å². The van der Waals surface area contributed by atoms with Crippen LogP contribution in [0.3, 0.4) is 0 Å². The van der Waals surface area contributed by atoms with Crippen molar-refractivity contribution in [2.45, 2.75) is 27.2 Å². The van der Waals surface area contributed by atoms with Gasteiger partial charge in [-0.1, -0.05) is 6.92 Å². The van der Waals surface area contributed by atoms with Gasteiger partial charge in [0.1, 0.15) is 0 Å². The van der Waals surface area contributed by atoms with Crippen LogP contribution in [-0.4, -0.2) is 19.7 Å². The van der Waals surface area contributed by atoms with E-state index in [2.05, 4.69) is 15.1 Å². The van der Waals surface area contributed by atoms with Crippen LogP contribution in [-0.2, 0) is 6.42 Å². The molecule has 5 nitrogen and oxygen atoms in total. The Bertz CT molecular complexity index is 568. The molecule has 0 aromatic carbocycles. The van der Waals surface area contributed by atoms with Gasteiger partial charge in [-0.25, -0.2) is 9.67 Å². The molecule has 0 radical (unpaired) electrons. The van der Waals surface area contributed by atoms with Crippen LogP contribution in [0.15, 0.2) is 16.9 Å². The van der Waals surface area contributed by atoms with Crippen LogP contribution in [0.1, 0.15) is 24.0 Å². The highest BCUT2D eigenvalue weighted by molar-refractivity contribution is 5.19. The number of nitrogens with zero attached hydrogens (tertiary/aromatic N) is 3. The van der Waals surface area contributed by atoms with Crippen molar-refractivity contribution in [3.63, 3.8) is 0 Å². The number of nitrogens with one attached hydrogen (secondary N) is 1. The predicted octanol–water partition coefficient (Wildman–Crippen LogP) is 1.13. The topological polar surface area (TPSA) is 63.6 Å². The van der Waals surface area contributed by atoms with Crippen molar-refractivity contribution in [3.05, 3.63) is 39.6 Å². The van der Waals surface area contributed by atoms with E-state index >= 15 is 0 Å². The monoisotopic (exact) mass is 218 g/mol. The number of hydrogen-bond acceptors (Lipinski definition) is 3. The fourth-order valence-electron chi connectivity index (χ4n) is 1.62. The molecule has 0 saturated carbocycles. The van der Waals surface area contributed by atoms with Crippen molar-refractivity contribution in [1.29, 1.82) is 0 Å². The zero-order chi connectivity index (χ0) is 11.7. The molecule has 2 heterocycles. The molecule has 0 spiro atoms. The summed E-state index contributed by atoms with van der Waals surface area (Å²) in [6.07, 6.45) is 0.732. The minimum Gasteiger partial charge on any atom is -0.291 e. The Kier molecular flexibility index (Phi) is 2.60. The molecule has 0 unspecified atom stereocenters. The van der Waals surface area contributed by atoms with Gasteiger partial charge in [0.05, 0.1) is 5.69 Å². The van der Waals surface area contributed by atoms with Crippen molar-refractivity contribution in [2.24, 2.45) is 0 Å². The average Bonchev–Trinajstić information content (AvgIpc) is 2.57. The van der Waals surface area contributed by atoms with Gasteiger partial charge in [-0.2, -0.15) is 5.10 Å². The Morgan fingerprint density at radius 1 is 1.38 bits per heavy atom. The maximum atomic E-state index is 11.4. The molecule has 2 aromatic heterocycles. The van der Waals surface area contributed by atoms with Gasteiger partial charge in [0.15, 0.2) is 0 Å². The lowest BCUT2D eigenvalue weighted by Crippen LogP contribution is -2.15. The van der Waals surface area contributed by atoms with Gasteiger partial charge in [-0.3, -0.25) is 9.78 Å². The summed E-state index contributed by atoms with van der Waals surface area (Å²) in [4.78, 5) is 18.5. The van der Waals surface area contributed by atoms with Crippen molar-refractivity contribution < 1.29 is 0 Å². The molecule has 0 bridgehead atoms. The van der Waals surface area contributed by atoms with Crippen molar-refractivity contribution >= 4 is 0 Å². The number of aryl methyl sites for hydroxylation is 3. The third-order valence-electron chi connectivity index (χ3n) is 2.35. The van der Waals surface area contributed by atoms with Crippen molar-refractivity contribution in [2.75, 3.05) is 0 Å². The second kappa shape index (κ2) is 3.92. The Balaban J connectivity index is 2.59. The molecule has 84 valence electrons. The Hall–Kier alpha value is -1.91. The zero-order valence-corrected chi connectivity index (χ0v) is 9.61. The first-order valence-corrected chi connectivity index (χ1v) is 5.24. The van der Waals surface area contributed by atoms with Crippen LogP contribution in [0, 0.1) is 13.8 Å². The third kappa shape index (κ3) is 1.88. The van der Waals surface area contributed by atoms with Gasteiger partial charge in [0.25, 0.3) is 5.56 Å². The summed E-state index contributed by atoms with van der Waals surface area (Å²) >= 11 is 0. The van der Waals surface area contributed by atoms with Gasteiger partial charge in [-0.15, -0.1) is 0 Å². The number of aromatic nitrogens is 4. The average molecular weight is 218 g/mol. The highest BCUT2D eigenvalue weighted by Gasteiger charge is 2.07. The fraction of sp³-hybridized carbons (Fsp3) is 0.364. The van der Waals surface area contributed by atoms with Gasteiger partial charge >= 0.3 is 0 Å². The largest absolute Gasteiger partial charge is 0.291 e. The number of hydrogen-bond donors (Lipinski definition) is 1. The van der Waals surface area contributed by atoms with Crippen LogP contribution in [0.5, 0.6) is 0 Å². The molecule has 0 amide bonds. The summed E-state index contributed by atoms with van der Waals surface area (Å²) in [6.45, 7) is 5.80. The summed E-state index contributed by atoms with van der Waals surface area (Å²) in [7, 11) is 0. The molecular formula is C11H14N4O.